The molecule has 0 spiro atoms. The summed E-state index contributed by atoms with van der Waals surface area (Å²) in [6.45, 7) is 2.66. The SMILES string of the molecule is CCC1CCc2[nH]c(=O)c(C(=O)NCc3ccc4c(c3)CCC4)cc2C1. The third-order valence-electron chi connectivity index (χ3n) is 5.96. The maximum absolute atomic E-state index is 12.6. The van der Waals surface area contributed by atoms with Gasteiger partial charge in [-0.15, -0.1) is 0 Å². The number of aromatic nitrogens is 1. The molecule has 0 saturated heterocycles. The standard InChI is InChI=1S/C22H26N2O2/c1-2-14-7-9-20-18(10-14)12-19(22(26)24-20)21(25)23-13-15-6-8-16-4-3-5-17(16)11-15/h6,8,11-12,14H,2-5,7,9-10,13H2,1H3,(H,23,25)(H,24,26). The van der Waals surface area contributed by atoms with Crippen LogP contribution < -0.4 is 10.9 Å². The fourth-order valence-corrected chi connectivity index (χ4v) is 4.31. The van der Waals surface area contributed by atoms with Gasteiger partial charge < -0.3 is 10.3 Å². The number of hydrogen-bond donors (Lipinski definition) is 2. The Morgan fingerprint density at radius 1 is 1.15 bits per heavy atom. The zero-order valence-corrected chi connectivity index (χ0v) is 15.4. The first-order valence-electron chi connectivity index (χ1n) is 9.78. The minimum Gasteiger partial charge on any atom is -0.348 e. The number of carbonyl (C=O) groups excluding carboxylic acids is 1. The monoisotopic (exact) mass is 350 g/mol. The summed E-state index contributed by atoms with van der Waals surface area (Å²) in [5.41, 5.74) is 6.03. The minimum atomic E-state index is -0.284. The topological polar surface area (TPSA) is 62.0 Å². The molecular weight excluding hydrogens is 324 g/mol. The molecule has 1 atom stereocenters. The highest BCUT2D eigenvalue weighted by molar-refractivity contribution is 5.94. The van der Waals surface area contributed by atoms with Crippen molar-refractivity contribution in [2.24, 2.45) is 5.92 Å². The molecule has 4 heteroatoms. The first kappa shape index (κ1) is 17.1. The molecule has 2 N–H and O–H groups in total. The molecule has 0 saturated carbocycles. The predicted octanol–water partition coefficient (Wildman–Crippen LogP) is 3.31. The lowest BCUT2D eigenvalue weighted by Gasteiger charge is -2.23. The van der Waals surface area contributed by atoms with Crippen molar-refractivity contribution >= 4 is 5.91 Å². The molecule has 4 nitrogen and oxygen atoms in total. The zero-order valence-electron chi connectivity index (χ0n) is 15.4. The van der Waals surface area contributed by atoms with Crippen molar-refractivity contribution in [3.63, 3.8) is 0 Å². The van der Waals surface area contributed by atoms with Crippen molar-refractivity contribution < 1.29 is 4.79 Å². The molecule has 0 aliphatic heterocycles. The molecule has 2 aliphatic rings. The van der Waals surface area contributed by atoms with Crippen LogP contribution in [0.2, 0.25) is 0 Å². The fraction of sp³-hybridized carbons (Fsp3) is 0.455. The Labute approximate surface area is 154 Å². The van der Waals surface area contributed by atoms with Gasteiger partial charge in [-0.05, 0) is 72.8 Å². The van der Waals surface area contributed by atoms with Crippen LogP contribution in [-0.2, 0) is 32.2 Å². The highest BCUT2D eigenvalue weighted by Crippen LogP contribution is 2.26. The van der Waals surface area contributed by atoms with Crippen LogP contribution in [0.25, 0.3) is 0 Å². The number of aromatic amines is 1. The van der Waals surface area contributed by atoms with E-state index in [0.717, 1.165) is 55.3 Å². The number of carbonyl (C=O) groups is 1. The van der Waals surface area contributed by atoms with Gasteiger partial charge in [0.25, 0.3) is 11.5 Å². The van der Waals surface area contributed by atoms with E-state index in [1.807, 2.05) is 6.07 Å². The Hall–Kier alpha value is -2.36. The van der Waals surface area contributed by atoms with Crippen LogP contribution in [0.4, 0.5) is 0 Å². The summed E-state index contributed by atoms with van der Waals surface area (Å²) < 4.78 is 0. The van der Waals surface area contributed by atoms with Crippen molar-refractivity contribution in [1.29, 1.82) is 0 Å². The predicted molar refractivity (Wildman–Crippen MR) is 103 cm³/mol. The van der Waals surface area contributed by atoms with Crippen LogP contribution in [-0.4, -0.2) is 10.9 Å². The highest BCUT2D eigenvalue weighted by Gasteiger charge is 2.21. The van der Waals surface area contributed by atoms with E-state index < -0.39 is 0 Å². The molecule has 1 unspecified atom stereocenters. The lowest BCUT2D eigenvalue weighted by Crippen LogP contribution is -2.31. The number of H-pyrrole nitrogens is 1. The van der Waals surface area contributed by atoms with Crippen LogP contribution in [0.5, 0.6) is 0 Å². The van der Waals surface area contributed by atoms with Crippen LogP contribution >= 0.6 is 0 Å². The summed E-state index contributed by atoms with van der Waals surface area (Å²) in [5.74, 6) is 0.365. The molecule has 1 heterocycles. The van der Waals surface area contributed by atoms with E-state index in [0.29, 0.717) is 12.5 Å². The smallest absolute Gasteiger partial charge is 0.261 e. The second-order valence-corrected chi connectivity index (χ2v) is 7.67. The molecule has 0 bridgehead atoms. The van der Waals surface area contributed by atoms with Gasteiger partial charge in [0.2, 0.25) is 0 Å². The summed E-state index contributed by atoms with van der Waals surface area (Å²) in [5, 5.41) is 2.92. The molecule has 26 heavy (non-hydrogen) atoms. The second-order valence-electron chi connectivity index (χ2n) is 7.67. The van der Waals surface area contributed by atoms with E-state index in [2.05, 4.69) is 35.4 Å². The summed E-state index contributed by atoms with van der Waals surface area (Å²) in [7, 11) is 0. The van der Waals surface area contributed by atoms with Crippen LogP contribution in [0.15, 0.2) is 29.1 Å². The van der Waals surface area contributed by atoms with Gasteiger partial charge in [0.15, 0.2) is 0 Å². The van der Waals surface area contributed by atoms with Gasteiger partial charge in [0, 0.05) is 12.2 Å². The molecule has 0 radical (unpaired) electrons. The number of nitrogens with one attached hydrogen (secondary N) is 2. The van der Waals surface area contributed by atoms with E-state index in [1.165, 1.54) is 17.5 Å². The lowest BCUT2D eigenvalue weighted by atomic mass is 9.84. The number of hydrogen-bond acceptors (Lipinski definition) is 2. The highest BCUT2D eigenvalue weighted by atomic mass is 16.2. The Morgan fingerprint density at radius 3 is 2.85 bits per heavy atom. The molecular formula is C22H26N2O2. The minimum absolute atomic E-state index is 0.238. The maximum atomic E-state index is 12.6. The van der Waals surface area contributed by atoms with Gasteiger partial charge in [-0.2, -0.15) is 0 Å². The van der Waals surface area contributed by atoms with Gasteiger partial charge in [-0.25, -0.2) is 0 Å². The maximum Gasteiger partial charge on any atom is 0.261 e. The van der Waals surface area contributed by atoms with Crippen molar-refractivity contribution in [1.82, 2.24) is 10.3 Å². The van der Waals surface area contributed by atoms with E-state index in [-0.39, 0.29) is 17.0 Å². The fourth-order valence-electron chi connectivity index (χ4n) is 4.31. The number of fused-ring (bicyclic) bond motifs is 2. The zero-order chi connectivity index (χ0) is 18.1. The lowest BCUT2D eigenvalue weighted by molar-refractivity contribution is 0.0949. The third kappa shape index (κ3) is 3.33. The molecule has 0 fully saturated rings. The van der Waals surface area contributed by atoms with Gasteiger partial charge in [-0.3, -0.25) is 9.59 Å². The first-order chi connectivity index (χ1) is 12.6. The van der Waals surface area contributed by atoms with Gasteiger partial charge in [0.1, 0.15) is 5.56 Å². The largest absolute Gasteiger partial charge is 0.348 e. The van der Waals surface area contributed by atoms with Crippen molar-refractivity contribution in [2.45, 2.75) is 58.4 Å². The van der Waals surface area contributed by atoms with E-state index in [1.54, 1.807) is 0 Å². The van der Waals surface area contributed by atoms with E-state index >= 15 is 0 Å². The molecule has 1 aromatic heterocycles. The Morgan fingerprint density at radius 2 is 2.00 bits per heavy atom. The number of pyridine rings is 1. The van der Waals surface area contributed by atoms with Crippen molar-refractivity contribution in [3.05, 3.63) is 68.1 Å². The van der Waals surface area contributed by atoms with Gasteiger partial charge >= 0.3 is 0 Å². The number of aryl methyl sites for hydroxylation is 3. The quantitative estimate of drug-likeness (QED) is 0.889. The van der Waals surface area contributed by atoms with Crippen molar-refractivity contribution in [3.8, 4) is 0 Å². The van der Waals surface area contributed by atoms with Crippen molar-refractivity contribution in [2.75, 3.05) is 0 Å². The van der Waals surface area contributed by atoms with Crippen LogP contribution in [0, 0.1) is 5.92 Å². The molecule has 2 aromatic rings. The summed E-state index contributed by atoms with van der Waals surface area (Å²) in [6.07, 6.45) is 7.61. The molecule has 2 aliphatic carbocycles. The summed E-state index contributed by atoms with van der Waals surface area (Å²) in [6, 6.07) is 8.24. The Balaban J connectivity index is 1.49. The number of rotatable bonds is 4. The van der Waals surface area contributed by atoms with Crippen LogP contribution in [0.1, 0.15) is 64.5 Å². The average molecular weight is 350 g/mol. The summed E-state index contributed by atoms with van der Waals surface area (Å²) >= 11 is 0. The molecule has 1 aromatic carbocycles. The normalized spacial score (nSPS) is 18.3. The molecule has 136 valence electrons. The second kappa shape index (κ2) is 7.10. The van der Waals surface area contributed by atoms with Gasteiger partial charge in [0.05, 0.1) is 0 Å². The van der Waals surface area contributed by atoms with E-state index in [4.69, 9.17) is 0 Å². The molecule has 1 amide bonds. The third-order valence-corrected chi connectivity index (χ3v) is 5.96. The first-order valence-corrected chi connectivity index (χ1v) is 9.78. The number of benzene rings is 1. The van der Waals surface area contributed by atoms with E-state index in [9.17, 15) is 9.59 Å². The van der Waals surface area contributed by atoms with Gasteiger partial charge in [-0.1, -0.05) is 31.5 Å². The number of amides is 1. The van der Waals surface area contributed by atoms with Crippen LogP contribution in [0.3, 0.4) is 0 Å². The summed E-state index contributed by atoms with van der Waals surface area (Å²) in [4.78, 5) is 27.8. The average Bonchev–Trinajstić information content (AvgIpc) is 3.13. The Kier molecular flexibility index (Phi) is 4.66. The Bertz CT molecular complexity index is 898. The molecule has 4 rings (SSSR count).